The van der Waals surface area contributed by atoms with Crippen LogP contribution in [0.2, 0.25) is 0 Å². The summed E-state index contributed by atoms with van der Waals surface area (Å²) >= 11 is 0. The minimum absolute atomic E-state index is 0.560. The Balaban J connectivity index is 1.54. The van der Waals surface area contributed by atoms with Crippen molar-refractivity contribution in [1.29, 1.82) is 0 Å². The molecule has 100 valence electrons. The Morgan fingerprint density at radius 2 is 2.26 bits per heavy atom. The second-order valence-corrected chi connectivity index (χ2v) is 5.99. The van der Waals surface area contributed by atoms with Crippen LogP contribution in [0.5, 0.6) is 0 Å². The summed E-state index contributed by atoms with van der Waals surface area (Å²) in [5.74, 6) is 0. The maximum absolute atomic E-state index is 4.13. The molecule has 2 aromatic rings. The molecular weight excluding hydrogens is 236 g/mol. The maximum atomic E-state index is 4.13. The van der Waals surface area contributed by atoms with Crippen molar-refractivity contribution in [2.45, 2.75) is 44.3 Å². The second kappa shape index (κ2) is 4.23. The molecule has 0 bridgehead atoms. The molecule has 1 aromatic heterocycles. The zero-order valence-corrected chi connectivity index (χ0v) is 11.3. The number of hydrogen-bond acceptors (Lipinski definition) is 3. The molecule has 1 saturated heterocycles. The fourth-order valence-corrected chi connectivity index (χ4v) is 3.38. The second-order valence-electron chi connectivity index (χ2n) is 5.99. The predicted molar refractivity (Wildman–Crippen MR) is 77.3 cm³/mol. The Kier molecular flexibility index (Phi) is 2.52. The molecule has 2 atom stereocenters. The molecule has 2 heterocycles. The molecule has 4 rings (SSSR count). The van der Waals surface area contributed by atoms with Crippen LogP contribution < -0.4 is 5.32 Å². The number of hydrogen-bond donors (Lipinski definition) is 2. The van der Waals surface area contributed by atoms with Gasteiger partial charge < -0.3 is 5.32 Å². The zero-order valence-electron chi connectivity index (χ0n) is 11.3. The van der Waals surface area contributed by atoms with E-state index in [1.807, 2.05) is 6.20 Å². The molecule has 2 N–H and O–H groups in total. The molecule has 2 aliphatic rings. The fraction of sp³-hybridized carbons (Fsp3) is 0.533. The maximum Gasteiger partial charge on any atom is 0.0881 e. The Bertz CT molecular complexity index is 587. The van der Waals surface area contributed by atoms with Crippen LogP contribution in [0.25, 0.3) is 10.9 Å². The molecule has 0 spiro atoms. The lowest BCUT2D eigenvalue weighted by atomic mass is 10.1. The van der Waals surface area contributed by atoms with E-state index in [0.29, 0.717) is 12.1 Å². The molecule has 4 heteroatoms. The topological polar surface area (TPSA) is 44.0 Å². The van der Waals surface area contributed by atoms with E-state index in [-0.39, 0.29) is 0 Å². The summed E-state index contributed by atoms with van der Waals surface area (Å²) in [6.07, 6.45) is 5.91. The van der Waals surface area contributed by atoms with Crippen LogP contribution in [0.4, 0.5) is 5.69 Å². The third kappa shape index (κ3) is 2.00. The van der Waals surface area contributed by atoms with Crippen molar-refractivity contribution in [2.24, 2.45) is 0 Å². The van der Waals surface area contributed by atoms with E-state index in [1.54, 1.807) is 0 Å². The van der Waals surface area contributed by atoms with Crippen molar-refractivity contribution >= 4 is 16.6 Å². The molecule has 1 aromatic carbocycles. The average Bonchev–Trinajstić information content (AvgIpc) is 3.00. The Hall–Kier alpha value is -1.55. The van der Waals surface area contributed by atoms with E-state index in [4.69, 9.17) is 0 Å². The molecule has 1 saturated carbocycles. The van der Waals surface area contributed by atoms with Crippen LogP contribution in [-0.2, 0) is 0 Å². The van der Waals surface area contributed by atoms with Gasteiger partial charge in [0.05, 0.1) is 17.4 Å². The van der Waals surface area contributed by atoms with Gasteiger partial charge >= 0.3 is 0 Å². The number of nitrogens with zero attached hydrogens (tertiary/aromatic N) is 2. The highest BCUT2D eigenvalue weighted by molar-refractivity contribution is 5.90. The first-order chi connectivity index (χ1) is 9.31. The highest BCUT2D eigenvalue weighted by atomic mass is 15.3. The Morgan fingerprint density at radius 3 is 3.11 bits per heavy atom. The molecule has 0 radical (unpaired) electrons. The van der Waals surface area contributed by atoms with Crippen molar-refractivity contribution in [3.05, 3.63) is 24.4 Å². The Labute approximate surface area is 113 Å². The average molecular weight is 256 g/mol. The number of aromatic amines is 1. The largest absolute Gasteiger partial charge is 0.379 e. The smallest absolute Gasteiger partial charge is 0.0881 e. The number of nitrogens with one attached hydrogen (secondary N) is 2. The highest BCUT2D eigenvalue weighted by Gasteiger charge is 2.38. The van der Waals surface area contributed by atoms with Crippen molar-refractivity contribution in [2.75, 3.05) is 11.9 Å². The molecule has 4 nitrogen and oxygen atoms in total. The van der Waals surface area contributed by atoms with Gasteiger partial charge in [0.1, 0.15) is 0 Å². The number of aromatic nitrogens is 2. The van der Waals surface area contributed by atoms with Gasteiger partial charge in [-0.05, 0) is 32.3 Å². The van der Waals surface area contributed by atoms with Gasteiger partial charge in [0.15, 0.2) is 0 Å². The van der Waals surface area contributed by atoms with Crippen LogP contribution in [-0.4, -0.2) is 39.8 Å². The van der Waals surface area contributed by atoms with Gasteiger partial charge in [0, 0.05) is 30.1 Å². The highest BCUT2D eigenvalue weighted by Crippen LogP contribution is 2.34. The van der Waals surface area contributed by atoms with E-state index in [0.717, 1.165) is 11.6 Å². The first-order valence-corrected chi connectivity index (χ1v) is 7.25. The van der Waals surface area contributed by atoms with Crippen LogP contribution >= 0.6 is 0 Å². The molecule has 2 unspecified atom stereocenters. The van der Waals surface area contributed by atoms with Crippen LogP contribution in [0.15, 0.2) is 24.4 Å². The molecule has 1 aliphatic carbocycles. The fourth-order valence-electron chi connectivity index (χ4n) is 3.38. The van der Waals surface area contributed by atoms with Crippen molar-refractivity contribution in [1.82, 2.24) is 15.1 Å². The van der Waals surface area contributed by atoms with E-state index >= 15 is 0 Å². The number of benzene rings is 1. The van der Waals surface area contributed by atoms with Crippen molar-refractivity contribution in [3.63, 3.8) is 0 Å². The quantitative estimate of drug-likeness (QED) is 0.887. The predicted octanol–water partition coefficient (Wildman–Crippen LogP) is 2.60. The van der Waals surface area contributed by atoms with Gasteiger partial charge in [-0.15, -0.1) is 0 Å². The summed E-state index contributed by atoms with van der Waals surface area (Å²) in [6.45, 7) is 3.53. The molecule has 1 aliphatic heterocycles. The number of rotatable bonds is 3. The molecule has 0 amide bonds. The molecule has 2 fully saturated rings. The number of anilines is 1. The van der Waals surface area contributed by atoms with Gasteiger partial charge in [-0.25, -0.2) is 0 Å². The van der Waals surface area contributed by atoms with Gasteiger partial charge in [0.25, 0.3) is 0 Å². The van der Waals surface area contributed by atoms with Crippen LogP contribution in [0.3, 0.4) is 0 Å². The van der Waals surface area contributed by atoms with E-state index in [2.05, 4.69) is 45.5 Å². The first-order valence-electron chi connectivity index (χ1n) is 7.25. The van der Waals surface area contributed by atoms with E-state index in [9.17, 15) is 0 Å². The third-order valence-electron chi connectivity index (χ3n) is 4.48. The normalized spacial score (nSPS) is 28.1. The monoisotopic (exact) mass is 256 g/mol. The van der Waals surface area contributed by atoms with E-state index in [1.165, 1.54) is 36.9 Å². The summed E-state index contributed by atoms with van der Waals surface area (Å²) in [6, 6.07) is 8.47. The van der Waals surface area contributed by atoms with E-state index < -0.39 is 0 Å². The first kappa shape index (κ1) is 11.3. The van der Waals surface area contributed by atoms with Crippen LogP contribution in [0, 0.1) is 0 Å². The van der Waals surface area contributed by atoms with Crippen LogP contribution in [0.1, 0.15) is 26.2 Å². The summed E-state index contributed by atoms with van der Waals surface area (Å²) in [5, 5.41) is 12.1. The summed E-state index contributed by atoms with van der Waals surface area (Å²) in [5.41, 5.74) is 2.31. The number of H-pyrrole nitrogens is 1. The number of fused-ring (bicyclic) bond motifs is 1. The number of para-hydroxylation sites is 1. The lowest BCUT2D eigenvalue weighted by molar-refractivity contribution is 0.257. The zero-order chi connectivity index (χ0) is 12.8. The lowest BCUT2D eigenvalue weighted by Crippen LogP contribution is -2.31. The minimum Gasteiger partial charge on any atom is -0.379 e. The lowest BCUT2D eigenvalue weighted by Gasteiger charge is -2.20. The van der Waals surface area contributed by atoms with Crippen molar-refractivity contribution in [3.8, 4) is 0 Å². The SMILES string of the molecule is CC1CC(Nc2cccc3cn[nH]c23)CN1C1CC1. The molecule has 19 heavy (non-hydrogen) atoms. The summed E-state index contributed by atoms with van der Waals surface area (Å²) < 4.78 is 0. The summed E-state index contributed by atoms with van der Waals surface area (Å²) in [7, 11) is 0. The van der Waals surface area contributed by atoms with Gasteiger partial charge in [-0.3, -0.25) is 10.00 Å². The third-order valence-corrected chi connectivity index (χ3v) is 4.48. The minimum atomic E-state index is 0.560. The van der Waals surface area contributed by atoms with Gasteiger partial charge in [0.2, 0.25) is 0 Å². The number of likely N-dealkylation sites (tertiary alicyclic amines) is 1. The van der Waals surface area contributed by atoms with Gasteiger partial charge in [-0.2, -0.15) is 5.10 Å². The summed E-state index contributed by atoms with van der Waals surface area (Å²) in [4.78, 5) is 2.67. The standard InChI is InChI=1S/C15H20N4/c1-10-7-12(9-19(10)13-5-6-13)17-14-4-2-3-11-8-16-18-15(11)14/h2-4,8,10,12-13,17H,5-7,9H2,1H3,(H,16,18). The molecular formula is C15H20N4. The Morgan fingerprint density at radius 1 is 1.37 bits per heavy atom. The van der Waals surface area contributed by atoms with Crippen molar-refractivity contribution < 1.29 is 0 Å². The van der Waals surface area contributed by atoms with Gasteiger partial charge in [-0.1, -0.05) is 12.1 Å².